The number of hydrogen-bond acceptors (Lipinski definition) is 4. The molecule has 18 heavy (non-hydrogen) atoms. The van der Waals surface area contributed by atoms with Gasteiger partial charge in [0.05, 0.1) is 36.3 Å². The van der Waals surface area contributed by atoms with Crippen LogP contribution in [0.1, 0.15) is 25.7 Å². The average Bonchev–Trinajstić information content (AvgIpc) is 2.88. The fourth-order valence-corrected chi connectivity index (χ4v) is 2.89. The largest absolute Gasteiger partial charge is 0.392 e. The molecule has 0 aromatic rings. The number of thiocarbonyl (C=S) groups is 1. The Balaban J connectivity index is 1.87. The van der Waals surface area contributed by atoms with Crippen LogP contribution in [0.3, 0.4) is 0 Å². The highest BCUT2D eigenvalue weighted by Crippen LogP contribution is 2.38. The van der Waals surface area contributed by atoms with Gasteiger partial charge in [-0.3, -0.25) is 4.79 Å². The molecule has 2 fully saturated rings. The Morgan fingerprint density at radius 2 is 2.11 bits per heavy atom. The van der Waals surface area contributed by atoms with Crippen LogP contribution in [-0.2, 0) is 14.3 Å². The molecule has 1 saturated heterocycles. The van der Waals surface area contributed by atoms with E-state index in [9.17, 15) is 4.79 Å². The van der Waals surface area contributed by atoms with Crippen LogP contribution in [0.15, 0.2) is 0 Å². The number of nitrogens with two attached hydrogens (primary N) is 1. The smallest absolute Gasteiger partial charge is 0.233 e. The SMILES string of the molecule is NC(=S)C1(C(=O)NCC2COCCO2)CCCC1. The molecule has 0 spiro atoms. The highest BCUT2D eigenvalue weighted by Gasteiger charge is 2.43. The Bertz CT molecular complexity index is 323. The Labute approximate surface area is 112 Å². The van der Waals surface area contributed by atoms with Gasteiger partial charge in [0, 0.05) is 6.54 Å². The van der Waals surface area contributed by atoms with Crippen LogP contribution < -0.4 is 11.1 Å². The standard InChI is InChI=1S/C12H20N2O3S/c13-10(18)12(3-1-2-4-12)11(15)14-7-9-8-16-5-6-17-9/h9H,1-8H2,(H2,13,18)(H,14,15). The second kappa shape index (κ2) is 5.95. The summed E-state index contributed by atoms with van der Waals surface area (Å²) in [7, 11) is 0. The first-order chi connectivity index (χ1) is 8.65. The minimum atomic E-state index is -0.634. The fraction of sp³-hybridized carbons (Fsp3) is 0.833. The third-order valence-electron chi connectivity index (χ3n) is 3.74. The van der Waals surface area contributed by atoms with Crippen LogP contribution in [0.25, 0.3) is 0 Å². The monoisotopic (exact) mass is 272 g/mol. The number of carbonyl (C=O) groups excluding carboxylic acids is 1. The molecule has 1 heterocycles. The first-order valence-corrected chi connectivity index (χ1v) is 6.83. The molecular weight excluding hydrogens is 252 g/mol. The molecular formula is C12H20N2O3S. The molecule has 2 aliphatic rings. The molecule has 0 aromatic heterocycles. The lowest BCUT2D eigenvalue weighted by molar-refractivity contribution is -0.129. The van der Waals surface area contributed by atoms with Crippen molar-refractivity contribution in [3.63, 3.8) is 0 Å². The van der Waals surface area contributed by atoms with Crippen molar-refractivity contribution in [2.45, 2.75) is 31.8 Å². The normalized spacial score (nSPS) is 26.8. The molecule has 1 unspecified atom stereocenters. The maximum Gasteiger partial charge on any atom is 0.233 e. The van der Waals surface area contributed by atoms with Gasteiger partial charge >= 0.3 is 0 Å². The van der Waals surface area contributed by atoms with E-state index in [1.807, 2.05) is 0 Å². The summed E-state index contributed by atoms with van der Waals surface area (Å²) in [5.41, 5.74) is 5.12. The molecule has 2 rings (SSSR count). The average molecular weight is 272 g/mol. The van der Waals surface area contributed by atoms with Crippen molar-refractivity contribution in [3.05, 3.63) is 0 Å². The second-order valence-electron chi connectivity index (χ2n) is 4.93. The van der Waals surface area contributed by atoms with Crippen molar-refractivity contribution < 1.29 is 14.3 Å². The van der Waals surface area contributed by atoms with E-state index in [2.05, 4.69) is 5.32 Å². The van der Waals surface area contributed by atoms with Crippen molar-refractivity contribution in [3.8, 4) is 0 Å². The van der Waals surface area contributed by atoms with Crippen molar-refractivity contribution in [1.29, 1.82) is 0 Å². The number of carbonyl (C=O) groups is 1. The lowest BCUT2D eigenvalue weighted by atomic mass is 9.85. The van der Waals surface area contributed by atoms with Crippen LogP contribution >= 0.6 is 12.2 Å². The first kappa shape index (κ1) is 13.7. The summed E-state index contributed by atoms with van der Waals surface area (Å²) in [5.74, 6) is -0.0540. The van der Waals surface area contributed by atoms with Crippen molar-refractivity contribution in [1.82, 2.24) is 5.32 Å². The first-order valence-electron chi connectivity index (χ1n) is 6.43. The van der Waals surface area contributed by atoms with E-state index in [1.165, 1.54) is 0 Å². The lowest BCUT2D eigenvalue weighted by Gasteiger charge is -2.28. The Morgan fingerprint density at radius 3 is 2.67 bits per heavy atom. The summed E-state index contributed by atoms with van der Waals surface area (Å²) in [5, 5.41) is 2.91. The van der Waals surface area contributed by atoms with Gasteiger partial charge in [0.15, 0.2) is 0 Å². The number of rotatable bonds is 4. The van der Waals surface area contributed by atoms with E-state index in [-0.39, 0.29) is 12.0 Å². The van der Waals surface area contributed by atoms with Crippen LogP contribution in [0.4, 0.5) is 0 Å². The lowest BCUT2D eigenvalue weighted by Crippen LogP contribution is -2.50. The fourth-order valence-electron chi connectivity index (χ4n) is 2.59. The van der Waals surface area contributed by atoms with Gasteiger partial charge < -0.3 is 20.5 Å². The van der Waals surface area contributed by atoms with Gasteiger partial charge in [0.25, 0.3) is 0 Å². The highest BCUT2D eigenvalue weighted by molar-refractivity contribution is 7.80. The van der Waals surface area contributed by atoms with Gasteiger partial charge in [0.2, 0.25) is 5.91 Å². The Kier molecular flexibility index (Phi) is 4.53. The number of hydrogen-bond donors (Lipinski definition) is 2. The van der Waals surface area contributed by atoms with Crippen LogP contribution in [0.5, 0.6) is 0 Å². The van der Waals surface area contributed by atoms with Gasteiger partial charge in [-0.1, -0.05) is 25.1 Å². The van der Waals surface area contributed by atoms with Gasteiger partial charge in [-0.2, -0.15) is 0 Å². The summed E-state index contributed by atoms with van der Waals surface area (Å²) in [6.07, 6.45) is 3.47. The summed E-state index contributed by atoms with van der Waals surface area (Å²) >= 11 is 5.08. The third kappa shape index (κ3) is 2.81. The van der Waals surface area contributed by atoms with E-state index < -0.39 is 5.41 Å². The quantitative estimate of drug-likeness (QED) is 0.723. The minimum absolute atomic E-state index is 0.0540. The van der Waals surface area contributed by atoms with Crippen LogP contribution in [0, 0.1) is 5.41 Å². The molecule has 1 aliphatic heterocycles. The third-order valence-corrected chi connectivity index (χ3v) is 4.13. The number of ether oxygens (including phenoxy) is 2. The minimum Gasteiger partial charge on any atom is -0.392 e. The van der Waals surface area contributed by atoms with Gasteiger partial charge in [-0.15, -0.1) is 0 Å². The maximum atomic E-state index is 12.3. The predicted molar refractivity (Wildman–Crippen MR) is 71.3 cm³/mol. The van der Waals surface area contributed by atoms with E-state index >= 15 is 0 Å². The zero-order valence-electron chi connectivity index (χ0n) is 10.4. The van der Waals surface area contributed by atoms with Gasteiger partial charge in [-0.05, 0) is 12.8 Å². The topological polar surface area (TPSA) is 73.6 Å². The number of nitrogens with one attached hydrogen (secondary N) is 1. The molecule has 1 atom stereocenters. The van der Waals surface area contributed by atoms with E-state index in [1.54, 1.807) is 0 Å². The van der Waals surface area contributed by atoms with Gasteiger partial charge in [0.1, 0.15) is 0 Å². The summed E-state index contributed by atoms with van der Waals surface area (Å²) < 4.78 is 10.8. The summed E-state index contributed by atoms with van der Waals surface area (Å²) in [6, 6.07) is 0. The van der Waals surface area contributed by atoms with Crippen molar-refractivity contribution in [2.75, 3.05) is 26.4 Å². The molecule has 1 amide bonds. The predicted octanol–water partition coefficient (Wildman–Crippen LogP) is 0.364. The van der Waals surface area contributed by atoms with Crippen molar-refractivity contribution >= 4 is 23.1 Å². The zero-order chi connectivity index (χ0) is 13.0. The molecule has 102 valence electrons. The van der Waals surface area contributed by atoms with E-state index in [4.69, 9.17) is 27.4 Å². The summed E-state index contributed by atoms with van der Waals surface area (Å²) in [6.45, 7) is 2.20. The molecule has 6 heteroatoms. The molecule has 5 nitrogen and oxygen atoms in total. The highest BCUT2D eigenvalue weighted by atomic mass is 32.1. The second-order valence-corrected chi connectivity index (χ2v) is 5.37. The van der Waals surface area contributed by atoms with Crippen LogP contribution in [0.2, 0.25) is 0 Å². The molecule has 0 bridgehead atoms. The van der Waals surface area contributed by atoms with E-state index in [0.717, 1.165) is 25.7 Å². The summed E-state index contributed by atoms with van der Waals surface area (Å²) in [4.78, 5) is 12.6. The van der Waals surface area contributed by atoms with E-state index in [0.29, 0.717) is 31.4 Å². The molecule has 1 aliphatic carbocycles. The Morgan fingerprint density at radius 1 is 1.39 bits per heavy atom. The maximum absolute atomic E-state index is 12.3. The van der Waals surface area contributed by atoms with Crippen LogP contribution in [-0.4, -0.2) is 43.4 Å². The van der Waals surface area contributed by atoms with Crippen molar-refractivity contribution in [2.24, 2.45) is 11.1 Å². The zero-order valence-corrected chi connectivity index (χ0v) is 11.3. The molecule has 1 saturated carbocycles. The molecule has 3 N–H and O–H groups in total. The van der Waals surface area contributed by atoms with Gasteiger partial charge in [-0.25, -0.2) is 0 Å². The molecule has 0 aromatic carbocycles. The molecule has 0 radical (unpaired) electrons. The Hall–Kier alpha value is -0.720. The number of amides is 1.